The molecule has 4 rings (SSSR count). The van der Waals surface area contributed by atoms with E-state index in [1.807, 2.05) is 0 Å². The van der Waals surface area contributed by atoms with Gasteiger partial charge in [-0.3, -0.25) is 0 Å². The summed E-state index contributed by atoms with van der Waals surface area (Å²) in [4.78, 5) is 0. The molecule has 12 atom stereocenters. The van der Waals surface area contributed by atoms with Crippen LogP contribution in [0.3, 0.4) is 0 Å². The minimum atomic E-state index is -1.01. The fourth-order valence-electron chi connectivity index (χ4n) is 9.22. The molecular formula is C27H48O5. The largest absolute Gasteiger partial charge is 0.393 e. The molecule has 0 aliphatic heterocycles. The maximum atomic E-state index is 11.6. The van der Waals surface area contributed by atoms with Crippen molar-refractivity contribution in [3.05, 3.63) is 0 Å². The summed E-state index contributed by atoms with van der Waals surface area (Å²) in [5.74, 6) is 2.17. The highest BCUT2D eigenvalue weighted by Gasteiger charge is 2.65. The van der Waals surface area contributed by atoms with Gasteiger partial charge < -0.3 is 25.5 Å². The Morgan fingerprint density at radius 2 is 1.72 bits per heavy atom. The number of aliphatic hydroxyl groups is 5. The quantitative estimate of drug-likeness (QED) is 0.425. The normalized spacial score (nSPS) is 51.3. The topological polar surface area (TPSA) is 101 Å². The zero-order valence-corrected chi connectivity index (χ0v) is 20.7. The van der Waals surface area contributed by atoms with Gasteiger partial charge in [-0.15, -0.1) is 0 Å². The van der Waals surface area contributed by atoms with E-state index in [1.165, 1.54) is 0 Å². The van der Waals surface area contributed by atoms with Crippen LogP contribution in [0.2, 0.25) is 0 Å². The lowest BCUT2D eigenvalue weighted by Crippen LogP contribution is -2.62. The summed E-state index contributed by atoms with van der Waals surface area (Å²) in [6.45, 7) is 8.45. The van der Waals surface area contributed by atoms with Crippen LogP contribution in [0.25, 0.3) is 0 Å². The summed E-state index contributed by atoms with van der Waals surface area (Å²) in [5.41, 5.74) is -1.06. The van der Waals surface area contributed by atoms with Gasteiger partial charge >= 0.3 is 0 Å². The van der Waals surface area contributed by atoms with Crippen LogP contribution in [0.15, 0.2) is 0 Å². The standard InChI is InChI=1S/C27H48O5/c1-16(6-5-10-25(2,32)15-28)19-7-8-20-24-21(14-23(31)27(19,20)4)26(3)11-9-18(29)12-17(26)13-22(24)30/h16-24,28-32H,5-15H2,1-4H3/t16-,17-,18+,19-,20+,21+,22-,23+,24+,25?,26+,27-/m1/s1. The zero-order valence-electron chi connectivity index (χ0n) is 20.7. The minimum Gasteiger partial charge on any atom is -0.393 e. The van der Waals surface area contributed by atoms with Crippen LogP contribution in [0.1, 0.15) is 91.9 Å². The van der Waals surface area contributed by atoms with E-state index in [4.69, 9.17) is 0 Å². The molecule has 0 bridgehead atoms. The summed E-state index contributed by atoms with van der Waals surface area (Å²) in [5, 5.41) is 52.7. The van der Waals surface area contributed by atoms with Gasteiger partial charge in [-0.05, 0) is 105 Å². The van der Waals surface area contributed by atoms with Gasteiger partial charge in [-0.1, -0.05) is 33.6 Å². The fourth-order valence-corrected chi connectivity index (χ4v) is 9.22. The van der Waals surface area contributed by atoms with Crippen molar-refractivity contribution in [2.75, 3.05) is 6.61 Å². The van der Waals surface area contributed by atoms with Crippen molar-refractivity contribution in [3.63, 3.8) is 0 Å². The Hall–Kier alpha value is -0.200. The summed E-state index contributed by atoms with van der Waals surface area (Å²) in [6.07, 6.45) is 7.96. The van der Waals surface area contributed by atoms with Gasteiger partial charge in [0.25, 0.3) is 0 Å². The second kappa shape index (κ2) is 8.78. The van der Waals surface area contributed by atoms with Gasteiger partial charge in [-0.25, -0.2) is 0 Å². The van der Waals surface area contributed by atoms with Gasteiger partial charge in [0.15, 0.2) is 0 Å². The van der Waals surface area contributed by atoms with Crippen molar-refractivity contribution in [2.24, 2.45) is 46.3 Å². The lowest BCUT2D eigenvalue weighted by molar-refractivity contribution is -0.207. The first-order chi connectivity index (χ1) is 14.9. The third-order valence-electron chi connectivity index (χ3n) is 11.2. The van der Waals surface area contributed by atoms with Gasteiger partial charge in [-0.2, -0.15) is 0 Å². The van der Waals surface area contributed by atoms with Crippen LogP contribution in [0, 0.1) is 46.3 Å². The van der Waals surface area contributed by atoms with E-state index >= 15 is 0 Å². The van der Waals surface area contributed by atoms with Crippen molar-refractivity contribution in [3.8, 4) is 0 Å². The third kappa shape index (κ3) is 3.98. The van der Waals surface area contributed by atoms with E-state index in [0.29, 0.717) is 36.0 Å². The van der Waals surface area contributed by atoms with Gasteiger partial charge in [0.1, 0.15) is 0 Å². The Balaban J connectivity index is 1.51. The molecule has 5 heteroatoms. The second-order valence-electron chi connectivity index (χ2n) is 13.1. The SMILES string of the molecule is C[C@H](CCCC(C)(O)CO)[C@H]1CC[C@H]2[C@@H]3[C@H](O)C[C@H]4C[C@@H](O)CC[C@]4(C)[C@H]3C[C@H](O)[C@]12C. The Morgan fingerprint density at radius 1 is 1.00 bits per heavy atom. The van der Waals surface area contributed by atoms with E-state index in [0.717, 1.165) is 57.8 Å². The molecule has 0 aromatic rings. The number of hydrogen-bond donors (Lipinski definition) is 5. The summed E-state index contributed by atoms with van der Waals surface area (Å²) < 4.78 is 0. The molecule has 32 heavy (non-hydrogen) atoms. The van der Waals surface area contributed by atoms with Crippen LogP contribution in [0.5, 0.6) is 0 Å². The molecule has 4 fully saturated rings. The maximum absolute atomic E-state index is 11.6. The van der Waals surface area contributed by atoms with Crippen LogP contribution in [-0.4, -0.2) is 56.1 Å². The number of fused-ring (bicyclic) bond motifs is 5. The highest BCUT2D eigenvalue weighted by Crippen LogP contribution is 2.68. The van der Waals surface area contributed by atoms with Crippen LogP contribution >= 0.6 is 0 Å². The lowest BCUT2D eigenvalue weighted by atomic mass is 9.43. The number of aliphatic hydroxyl groups excluding tert-OH is 4. The van der Waals surface area contributed by atoms with Crippen molar-refractivity contribution in [2.45, 2.75) is 116 Å². The molecule has 4 aliphatic rings. The molecular weight excluding hydrogens is 404 g/mol. The number of rotatable bonds is 6. The van der Waals surface area contributed by atoms with Crippen molar-refractivity contribution < 1.29 is 25.5 Å². The first kappa shape index (κ1) is 24.9. The second-order valence-corrected chi connectivity index (χ2v) is 13.1. The van der Waals surface area contributed by atoms with E-state index in [-0.39, 0.29) is 41.7 Å². The molecule has 4 saturated carbocycles. The molecule has 186 valence electrons. The predicted molar refractivity (Wildman–Crippen MR) is 125 cm³/mol. The smallest absolute Gasteiger partial charge is 0.0849 e. The molecule has 0 heterocycles. The summed E-state index contributed by atoms with van der Waals surface area (Å²) in [7, 11) is 0. The van der Waals surface area contributed by atoms with E-state index < -0.39 is 5.60 Å². The fraction of sp³-hybridized carbons (Fsp3) is 1.00. The Morgan fingerprint density at radius 3 is 2.41 bits per heavy atom. The van der Waals surface area contributed by atoms with Gasteiger partial charge in [0.05, 0.1) is 30.5 Å². The molecule has 0 amide bonds. The summed E-state index contributed by atoms with van der Waals surface area (Å²) >= 11 is 0. The minimum absolute atomic E-state index is 0.116. The van der Waals surface area contributed by atoms with E-state index in [1.54, 1.807) is 6.92 Å². The van der Waals surface area contributed by atoms with Gasteiger partial charge in [0.2, 0.25) is 0 Å². The molecule has 0 radical (unpaired) electrons. The molecule has 0 saturated heterocycles. The van der Waals surface area contributed by atoms with E-state index in [9.17, 15) is 25.5 Å². The highest BCUT2D eigenvalue weighted by atomic mass is 16.3. The van der Waals surface area contributed by atoms with Gasteiger partial charge in [0, 0.05) is 0 Å². The monoisotopic (exact) mass is 452 g/mol. The van der Waals surface area contributed by atoms with E-state index in [2.05, 4.69) is 20.8 Å². The molecule has 5 N–H and O–H groups in total. The number of hydrogen-bond acceptors (Lipinski definition) is 5. The Bertz CT molecular complexity index is 666. The Labute approximate surface area is 194 Å². The third-order valence-corrected chi connectivity index (χ3v) is 11.2. The van der Waals surface area contributed by atoms with Crippen molar-refractivity contribution >= 4 is 0 Å². The molecule has 5 nitrogen and oxygen atoms in total. The molecule has 0 spiro atoms. The molecule has 4 aliphatic carbocycles. The van der Waals surface area contributed by atoms with Crippen LogP contribution < -0.4 is 0 Å². The molecule has 0 aromatic carbocycles. The average Bonchev–Trinajstić information content (AvgIpc) is 3.08. The molecule has 1 unspecified atom stereocenters. The predicted octanol–water partition coefficient (Wildman–Crippen LogP) is 3.50. The molecule has 0 aromatic heterocycles. The van der Waals surface area contributed by atoms with Crippen LogP contribution in [0.4, 0.5) is 0 Å². The Kier molecular flexibility index (Phi) is 6.84. The first-order valence-corrected chi connectivity index (χ1v) is 13.3. The maximum Gasteiger partial charge on any atom is 0.0849 e. The first-order valence-electron chi connectivity index (χ1n) is 13.3. The summed E-state index contributed by atoms with van der Waals surface area (Å²) in [6, 6.07) is 0. The van der Waals surface area contributed by atoms with Crippen molar-refractivity contribution in [1.82, 2.24) is 0 Å². The lowest BCUT2D eigenvalue weighted by Gasteiger charge is -2.63. The van der Waals surface area contributed by atoms with Crippen molar-refractivity contribution in [1.29, 1.82) is 0 Å². The zero-order chi connectivity index (χ0) is 23.5. The van der Waals surface area contributed by atoms with Crippen LogP contribution in [-0.2, 0) is 0 Å². The average molecular weight is 453 g/mol. The highest BCUT2D eigenvalue weighted by molar-refractivity contribution is 5.14.